The molecule has 3 heterocycles. The molecule has 0 unspecified atom stereocenters. The average molecular weight is 270 g/mol. The summed E-state index contributed by atoms with van der Waals surface area (Å²) in [4.78, 5) is 22.9. The summed E-state index contributed by atoms with van der Waals surface area (Å²) in [5.41, 5.74) is -1.19. The molecule has 0 aromatic carbocycles. The third kappa shape index (κ3) is 1.47. The molecule has 3 N–H and O–H groups in total. The van der Waals surface area contributed by atoms with Gasteiger partial charge in [-0.1, -0.05) is 0 Å². The lowest BCUT2D eigenvalue weighted by atomic mass is 9.65. The normalized spacial score (nSPS) is 30.8. The first-order chi connectivity index (χ1) is 8.43. The highest BCUT2D eigenvalue weighted by atomic mass is 32.2. The first-order valence-electron chi connectivity index (χ1n) is 5.31. The van der Waals surface area contributed by atoms with E-state index in [1.807, 2.05) is 0 Å². The van der Waals surface area contributed by atoms with Crippen molar-refractivity contribution in [1.29, 1.82) is 0 Å². The van der Waals surface area contributed by atoms with Gasteiger partial charge in [0.2, 0.25) is 21.8 Å². The fourth-order valence-electron chi connectivity index (χ4n) is 2.32. The molecule has 1 aromatic heterocycles. The molecule has 2 bridgehead atoms. The molecule has 9 heteroatoms. The van der Waals surface area contributed by atoms with Crippen LogP contribution in [0.2, 0.25) is 0 Å². The molecule has 2 aliphatic heterocycles. The smallest absolute Gasteiger partial charge is 0.247 e. The third-order valence-electron chi connectivity index (χ3n) is 3.35. The van der Waals surface area contributed by atoms with Crippen molar-refractivity contribution in [3.8, 4) is 0 Å². The van der Waals surface area contributed by atoms with Gasteiger partial charge < -0.3 is 0 Å². The van der Waals surface area contributed by atoms with E-state index in [-0.39, 0.29) is 29.6 Å². The van der Waals surface area contributed by atoms with Gasteiger partial charge in [0, 0.05) is 12.1 Å². The van der Waals surface area contributed by atoms with Gasteiger partial charge >= 0.3 is 0 Å². The van der Waals surface area contributed by atoms with Crippen molar-refractivity contribution in [1.82, 2.24) is 20.2 Å². The average Bonchev–Trinajstić information content (AvgIpc) is 2.73. The van der Waals surface area contributed by atoms with Gasteiger partial charge in [-0.2, -0.15) is 9.82 Å². The predicted molar refractivity (Wildman–Crippen MR) is 57.5 cm³/mol. The lowest BCUT2D eigenvalue weighted by Gasteiger charge is -2.49. The van der Waals surface area contributed by atoms with E-state index in [1.165, 1.54) is 6.20 Å². The summed E-state index contributed by atoms with van der Waals surface area (Å²) >= 11 is 0. The lowest BCUT2D eigenvalue weighted by molar-refractivity contribution is -0.151. The topological polar surface area (TPSA) is 121 Å². The van der Waals surface area contributed by atoms with Crippen LogP contribution in [0, 0.1) is 5.92 Å². The Bertz CT molecular complexity index is 615. The number of H-pyrrole nitrogens is 1. The van der Waals surface area contributed by atoms with E-state index in [9.17, 15) is 18.0 Å². The van der Waals surface area contributed by atoms with Crippen LogP contribution in [0.5, 0.6) is 0 Å². The van der Waals surface area contributed by atoms with Gasteiger partial charge in [-0.3, -0.25) is 20.0 Å². The minimum atomic E-state index is -3.80. The minimum Gasteiger partial charge on any atom is -0.295 e. The van der Waals surface area contributed by atoms with Crippen molar-refractivity contribution in [2.24, 2.45) is 5.92 Å². The zero-order valence-electron chi connectivity index (χ0n) is 9.13. The van der Waals surface area contributed by atoms with Crippen LogP contribution in [-0.2, 0) is 19.6 Å². The van der Waals surface area contributed by atoms with E-state index in [0.717, 1.165) is 6.20 Å². The summed E-state index contributed by atoms with van der Waals surface area (Å²) in [6.45, 7) is 0. The van der Waals surface area contributed by atoms with Crippen LogP contribution in [0.4, 0.5) is 0 Å². The Kier molecular flexibility index (Phi) is 2.14. The van der Waals surface area contributed by atoms with Crippen molar-refractivity contribution in [2.45, 2.75) is 23.3 Å². The summed E-state index contributed by atoms with van der Waals surface area (Å²) in [7, 11) is -3.80. The number of imide groups is 1. The fraction of sp³-hybridized carbons (Fsp3) is 0.444. The molecule has 1 aliphatic carbocycles. The quantitative estimate of drug-likeness (QED) is 0.577. The molecule has 0 spiro atoms. The second kappa shape index (κ2) is 3.39. The highest BCUT2D eigenvalue weighted by Crippen LogP contribution is 2.42. The van der Waals surface area contributed by atoms with Gasteiger partial charge in [-0.25, -0.2) is 8.42 Å². The molecule has 96 valence electrons. The van der Waals surface area contributed by atoms with Gasteiger partial charge in [0.15, 0.2) is 0 Å². The second-order valence-electron chi connectivity index (χ2n) is 4.55. The maximum Gasteiger partial charge on any atom is 0.247 e. The molecule has 4 rings (SSSR count). The van der Waals surface area contributed by atoms with Crippen LogP contribution in [0.3, 0.4) is 0 Å². The third-order valence-corrected chi connectivity index (χ3v) is 4.85. The Labute approximate surface area is 102 Å². The molecule has 3 aliphatic rings. The van der Waals surface area contributed by atoms with Gasteiger partial charge in [0.1, 0.15) is 10.4 Å². The maximum atomic E-state index is 12.0. The molecule has 0 radical (unpaired) electrons. The molecular weight excluding hydrogens is 260 g/mol. The summed E-state index contributed by atoms with van der Waals surface area (Å²) in [5.74, 6) is -1.19. The van der Waals surface area contributed by atoms with Crippen LogP contribution in [0.1, 0.15) is 12.8 Å². The zero-order valence-corrected chi connectivity index (χ0v) is 9.95. The minimum absolute atomic E-state index is 0.0370. The molecule has 18 heavy (non-hydrogen) atoms. The number of nitrogens with one attached hydrogen (secondary N) is 3. The van der Waals surface area contributed by atoms with Gasteiger partial charge in [-0.15, -0.1) is 0 Å². The van der Waals surface area contributed by atoms with Crippen LogP contribution in [0.15, 0.2) is 17.3 Å². The van der Waals surface area contributed by atoms with Crippen molar-refractivity contribution < 1.29 is 18.0 Å². The summed E-state index contributed by atoms with van der Waals surface area (Å²) < 4.78 is 26.3. The highest BCUT2D eigenvalue weighted by Gasteiger charge is 2.59. The first-order valence-corrected chi connectivity index (χ1v) is 6.79. The molecule has 2 amide bonds. The van der Waals surface area contributed by atoms with Crippen molar-refractivity contribution in [3.63, 3.8) is 0 Å². The molecule has 8 nitrogen and oxygen atoms in total. The highest BCUT2D eigenvalue weighted by molar-refractivity contribution is 7.89. The summed E-state index contributed by atoms with van der Waals surface area (Å²) in [5, 5.41) is 8.10. The largest absolute Gasteiger partial charge is 0.295 e. The van der Waals surface area contributed by atoms with Crippen LogP contribution < -0.4 is 10.0 Å². The van der Waals surface area contributed by atoms with Crippen molar-refractivity contribution in [2.75, 3.05) is 0 Å². The standard InChI is InChI=1S/C9H10N4O4S/c14-7-5-1-9(2-5,8(15)12-7)13-18(16,17)6-3-10-11-4-6/h3-5,13H,1-2H2,(H,10,11)(H,12,14,15). The molecule has 1 aromatic rings. The Hall–Kier alpha value is -1.74. The summed E-state index contributed by atoms with van der Waals surface area (Å²) in [6.07, 6.45) is 2.81. The Morgan fingerprint density at radius 2 is 2.11 bits per heavy atom. The van der Waals surface area contributed by atoms with Gasteiger partial charge in [0.05, 0.1) is 6.20 Å². The summed E-state index contributed by atoms with van der Waals surface area (Å²) in [6, 6.07) is 0. The molecule has 2 saturated heterocycles. The number of fused-ring (bicyclic) bond motifs is 2. The zero-order chi connectivity index (χ0) is 13.0. The van der Waals surface area contributed by atoms with E-state index in [2.05, 4.69) is 20.2 Å². The predicted octanol–water partition coefficient (Wildman–Crippen LogP) is -1.51. The number of hydrogen-bond acceptors (Lipinski definition) is 5. The van der Waals surface area contributed by atoms with E-state index in [4.69, 9.17) is 0 Å². The van der Waals surface area contributed by atoms with E-state index < -0.39 is 21.5 Å². The number of sulfonamides is 1. The monoisotopic (exact) mass is 270 g/mol. The number of hydrogen-bond donors (Lipinski definition) is 3. The van der Waals surface area contributed by atoms with Crippen LogP contribution in [0.25, 0.3) is 0 Å². The lowest BCUT2D eigenvalue weighted by Crippen LogP contribution is -2.73. The van der Waals surface area contributed by atoms with Crippen LogP contribution in [-0.4, -0.2) is 36.0 Å². The molecular formula is C9H10N4O4S. The van der Waals surface area contributed by atoms with Crippen molar-refractivity contribution >= 4 is 21.8 Å². The number of aromatic amines is 1. The van der Waals surface area contributed by atoms with Gasteiger partial charge in [0.25, 0.3) is 0 Å². The molecule has 0 atom stereocenters. The Morgan fingerprint density at radius 1 is 1.39 bits per heavy atom. The Balaban J connectivity index is 1.87. The molecule has 3 fully saturated rings. The number of piperidine rings is 2. The van der Waals surface area contributed by atoms with Crippen molar-refractivity contribution in [3.05, 3.63) is 12.4 Å². The van der Waals surface area contributed by atoms with E-state index in [1.54, 1.807) is 0 Å². The van der Waals surface area contributed by atoms with E-state index >= 15 is 0 Å². The fourth-order valence-corrected chi connectivity index (χ4v) is 3.61. The molecule has 1 saturated carbocycles. The number of nitrogens with zero attached hydrogens (tertiary/aromatic N) is 1. The second-order valence-corrected chi connectivity index (χ2v) is 6.23. The van der Waals surface area contributed by atoms with Crippen LogP contribution >= 0.6 is 0 Å². The Morgan fingerprint density at radius 3 is 2.67 bits per heavy atom. The van der Waals surface area contributed by atoms with Gasteiger partial charge in [-0.05, 0) is 12.8 Å². The SMILES string of the molecule is O=C1NC(=O)C2(NS(=O)(=O)c3cn[nH]c3)CC1C2. The number of carbonyl (C=O) groups is 2. The number of rotatable bonds is 3. The van der Waals surface area contributed by atoms with E-state index in [0.29, 0.717) is 0 Å². The number of carbonyl (C=O) groups excluding carboxylic acids is 2. The number of amides is 2. The maximum absolute atomic E-state index is 12.0. The number of aromatic nitrogens is 2. The first kappa shape index (κ1) is 11.4.